The van der Waals surface area contributed by atoms with Gasteiger partial charge in [0.2, 0.25) is 0 Å². The van der Waals surface area contributed by atoms with E-state index in [4.69, 9.17) is 24.1 Å². The number of hydrogen-bond donors (Lipinski definition) is 1. The molecule has 0 bridgehead atoms. The number of rotatable bonds is 10. The van der Waals surface area contributed by atoms with Gasteiger partial charge in [0.15, 0.2) is 17.6 Å². The van der Waals surface area contributed by atoms with Crippen LogP contribution in [0.5, 0.6) is 5.75 Å². The quantitative estimate of drug-likeness (QED) is 0.182. The molecule has 56 heavy (non-hydrogen) atoms. The Kier molecular flexibility index (Phi) is 12.2. The monoisotopic (exact) mass is 780 g/mol. The molecule has 2 saturated heterocycles. The lowest BCUT2D eigenvalue weighted by atomic mass is 10.1. The maximum absolute atomic E-state index is 13.3. The number of ether oxygens (including phenoxy) is 3. The molecule has 1 N–H and O–H groups in total. The molecule has 296 valence electrons. The van der Waals surface area contributed by atoms with Crippen molar-refractivity contribution < 1.29 is 61.0 Å². The SMILES string of the molecule is CC[n+]1c(CN2C(=O)c3ccccc3C2=O)n(C[C@@H]2CCCO2)c2cc(OCC(=O)N3CCN(C(=O)OCc4ccccc4)CC3)ccc21.O=C(O)C(F)(F)F. The van der Waals surface area contributed by atoms with Gasteiger partial charge < -0.3 is 29.1 Å². The van der Waals surface area contributed by atoms with Gasteiger partial charge in [0.25, 0.3) is 23.5 Å². The van der Waals surface area contributed by atoms with Crippen molar-refractivity contribution in [3.63, 3.8) is 0 Å². The van der Waals surface area contributed by atoms with Crippen LogP contribution < -0.4 is 9.30 Å². The zero-order valence-electron chi connectivity index (χ0n) is 30.6. The molecule has 14 nitrogen and oxygen atoms in total. The van der Waals surface area contributed by atoms with Crippen LogP contribution in [0.15, 0.2) is 72.8 Å². The molecule has 0 aliphatic carbocycles. The van der Waals surface area contributed by atoms with Gasteiger partial charge in [-0.3, -0.25) is 19.3 Å². The second-order valence-corrected chi connectivity index (χ2v) is 13.3. The van der Waals surface area contributed by atoms with E-state index in [1.54, 1.807) is 34.1 Å². The number of aromatic nitrogens is 2. The fraction of sp³-hybridized carbons (Fsp3) is 0.385. The predicted octanol–water partition coefficient (Wildman–Crippen LogP) is 4.42. The number of alkyl halides is 3. The second-order valence-electron chi connectivity index (χ2n) is 13.3. The number of carboxylic acids is 1. The van der Waals surface area contributed by atoms with E-state index in [1.165, 1.54) is 4.90 Å². The highest BCUT2D eigenvalue weighted by molar-refractivity contribution is 6.21. The number of piperazine rings is 1. The van der Waals surface area contributed by atoms with Crippen LogP contribution in [-0.4, -0.2) is 106 Å². The molecule has 0 radical (unpaired) electrons. The normalized spacial score (nSPS) is 16.8. The first-order chi connectivity index (χ1) is 26.8. The number of imide groups is 1. The van der Waals surface area contributed by atoms with E-state index in [9.17, 15) is 32.3 Å². The zero-order valence-corrected chi connectivity index (χ0v) is 30.6. The number of aliphatic carboxylic acids is 1. The second kappa shape index (κ2) is 17.2. The van der Waals surface area contributed by atoms with E-state index in [2.05, 4.69) is 9.13 Å². The number of benzene rings is 3. The maximum atomic E-state index is 13.3. The van der Waals surface area contributed by atoms with Crippen LogP contribution in [0.1, 0.15) is 51.9 Å². The van der Waals surface area contributed by atoms with Gasteiger partial charge in [0.05, 0.1) is 23.8 Å². The average Bonchev–Trinajstić information content (AvgIpc) is 3.89. The van der Waals surface area contributed by atoms with Crippen molar-refractivity contribution in [3.05, 3.63) is 95.3 Å². The number of nitrogens with zero attached hydrogens (tertiary/aromatic N) is 5. The highest BCUT2D eigenvalue weighted by atomic mass is 19.4. The van der Waals surface area contributed by atoms with E-state index >= 15 is 0 Å². The number of hydrogen-bond acceptors (Lipinski definition) is 8. The van der Waals surface area contributed by atoms with Crippen molar-refractivity contribution in [2.75, 3.05) is 39.4 Å². The molecular weight excluding hydrogens is 739 g/mol. The fourth-order valence-electron chi connectivity index (χ4n) is 6.89. The highest BCUT2D eigenvalue weighted by Gasteiger charge is 2.40. The number of carbonyl (C=O) groups is 5. The van der Waals surface area contributed by atoms with Crippen molar-refractivity contribution in [1.29, 1.82) is 0 Å². The Hall–Kier alpha value is -5.97. The summed E-state index contributed by atoms with van der Waals surface area (Å²) in [6.07, 6.45) is -3.58. The lowest BCUT2D eigenvalue weighted by molar-refractivity contribution is -0.677. The number of imidazole rings is 1. The third-order valence-corrected chi connectivity index (χ3v) is 9.76. The third kappa shape index (κ3) is 8.94. The van der Waals surface area contributed by atoms with Crippen molar-refractivity contribution in [1.82, 2.24) is 19.3 Å². The van der Waals surface area contributed by atoms with Crippen LogP contribution in [0.4, 0.5) is 18.0 Å². The minimum atomic E-state index is -5.08. The van der Waals surface area contributed by atoms with Gasteiger partial charge >= 0.3 is 18.2 Å². The Balaban J connectivity index is 0.000000695. The lowest BCUT2D eigenvalue weighted by Gasteiger charge is -2.34. The minimum absolute atomic E-state index is 0.00211. The zero-order chi connectivity index (χ0) is 40.0. The first-order valence-corrected chi connectivity index (χ1v) is 18.1. The van der Waals surface area contributed by atoms with E-state index in [-0.39, 0.29) is 43.6 Å². The van der Waals surface area contributed by atoms with Crippen LogP contribution >= 0.6 is 0 Å². The van der Waals surface area contributed by atoms with Crippen molar-refractivity contribution in [3.8, 4) is 5.75 Å². The standard InChI is InChI=1S/C37H40N5O7.C2HF3O2/c1-2-40-31-15-14-27(48-25-34(43)38-16-18-39(19-17-38)37(46)49-24-26-9-4-3-5-10-26)21-32(31)41(22-28-11-8-20-47-28)33(40)23-42-35(44)29-12-6-7-13-30(29)36(42)45;3-2(4,5)1(6)7/h3-7,9-10,12-15,21,28H,2,8,11,16-20,22-25H2,1H3;(H,6,7)/q+1;/t28-;/m0./s1. The number of amides is 4. The highest BCUT2D eigenvalue weighted by Crippen LogP contribution is 2.28. The average molecular weight is 781 g/mol. The van der Waals surface area contributed by atoms with Crippen LogP contribution in [-0.2, 0) is 45.3 Å². The van der Waals surface area contributed by atoms with Gasteiger partial charge in [0.1, 0.15) is 25.4 Å². The molecule has 4 heterocycles. The van der Waals surface area contributed by atoms with E-state index in [0.29, 0.717) is 62.8 Å². The van der Waals surface area contributed by atoms with Gasteiger partial charge in [-0.1, -0.05) is 42.5 Å². The van der Waals surface area contributed by atoms with E-state index in [1.807, 2.05) is 55.5 Å². The van der Waals surface area contributed by atoms with Gasteiger partial charge in [0, 0.05) is 38.9 Å². The molecule has 0 unspecified atom stereocenters. The first kappa shape index (κ1) is 39.7. The van der Waals surface area contributed by atoms with E-state index in [0.717, 1.165) is 35.3 Å². The Bertz CT molecular complexity index is 2060. The maximum Gasteiger partial charge on any atom is 0.490 e. The summed E-state index contributed by atoms with van der Waals surface area (Å²) in [6.45, 7) is 5.64. The summed E-state index contributed by atoms with van der Waals surface area (Å²) in [4.78, 5) is 65.9. The largest absolute Gasteiger partial charge is 0.490 e. The molecule has 1 aromatic heterocycles. The Morgan fingerprint density at radius 1 is 0.911 bits per heavy atom. The molecule has 4 aromatic rings. The van der Waals surface area contributed by atoms with Crippen molar-refractivity contribution in [2.24, 2.45) is 0 Å². The molecule has 0 saturated carbocycles. The van der Waals surface area contributed by atoms with Gasteiger partial charge in [-0.25, -0.2) is 18.7 Å². The number of fused-ring (bicyclic) bond motifs is 2. The molecule has 3 aromatic carbocycles. The van der Waals surface area contributed by atoms with Gasteiger partial charge in [-0.2, -0.15) is 13.2 Å². The van der Waals surface area contributed by atoms with E-state index < -0.39 is 18.2 Å². The molecular formula is C39H41F3N5O9+. The summed E-state index contributed by atoms with van der Waals surface area (Å²) in [5.41, 5.74) is 3.56. The topological polar surface area (TPSA) is 152 Å². The third-order valence-electron chi connectivity index (χ3n) is 9.76. The Morgan fingerprint density at radius 3 is 2.12 bits per heavy atom. The summed E-state index contributed by atoms with van der Waals surface area (Å²) < 4.78 is 53.5. The van der Waals surface area contributed by atoms with Crippen LogP contribution in [0.3, 0.4) is 0 Å². The minimum Gasteiger partial charge on any atom is -0.484 e. The summed E-state index contributed by atoms with van der Waals surface area (Å²) in [5.74, 6) is -2.18. The molecule has 4 amide bonds. The molecule has 3 aliphatic heterocycles. The fourth-order valence-corrected chi connectivity index (χ4v) is 6.89. The number of halogens is 3. The summed E-state index contributed by atoms with van der Waals surface area (Å²) >= 11 is 0. The molecule has 0 spiro atoms. The van der Waals surface area contributed by atoms with Crippen LogP contribution in [0.2, 0.25) is 0 Å². The lowest BCUT2D eigenvalue weighted by Crippen LogP contribution is -2.51. The van der Waals surface area contributed by atoms with Gasteiger partial charge in [-0.15, -0.1) is 0 Å². The molecule has 3 aliphatic rings. The molecule has 1 atom stereocenters. The first-order valence-electron chi connectivity index (χ1n) is 18.1. The number of carbonyl (C=O) groups excluding carboxylic acids is 4. The summed E-state index contributed by atoms with van der Waals surface area (Å²) in [7, 11) is 0. The smallest absolute Gasteiger partial charge is 0.484 e. The Labute approximate surface area is 319 Å². The number of aryl methyl sites for hydroxylation is 1. The summed E-state index contributed by atoms with van der Waals surface area (Å²) in [6, 6.07) is 22.1. The van der Waals surface area contributed by atoms with Crippen LogP contribution in [0, 0.1) is 0 Å². The van der Waals surface area contributed by atoms with Crippen LogP contribution in [0.25, 0.3) is 11.0 Å². The number of carboxylic acid groups (broad SMARTS) is 1. The Morgan fingerprint density at radius 2 is 1.54 bits per heavy atom. The van der Waals surface area contributed by atoms with Crippen molar-refractivity contribution in [2.45, 2.75) is 58.3 Å². The molecule has 7 rings (SSSR count). The molecule has 2 fully saturated rings. The summed E-state index contributed by atoms with van der Waals surface area (Å²) in [5, 5.41) is 7.12. The van der Waals surface area contributed by atoms with Gasteiger partial charge in [-0.05, 0) is 49.6 Å². The van der Waals surface area contributed by atoms with Crippen molar-refractivity contribution >= 4 is 40.8 Å². The molecule has 17 heteroatoms. The predicted molar refractivity (Wildman–Crippen MR) is 191 cm³/mol.